The Morgan fingerprint density at radius 1 is 1.39 bits per heavy atom. The SMILES string of the molecule is CCOC(=O)CSC(C)C(=O)Nc1ccc(OC(F)F)c(Cl)c1. The number of halogens is 3. The molecule has 0 saturated carbocycles. The number of benzene rings is 1. The second kappa shape index (κ2) is 9.57. The van der Waals surface area contributed by atoms with Crippen molar-refractivity contribution in [1.29, 1.82) is 0 Å². The number of hydrogen-bond acceptors (Lipinski definition) is 5. The van der Waals surface area contributed by atoms with E-state index in [2.05, 4.69) is 10.1 Å². The lowest BCUT2D eigenvalue weighted by atomic mass is 10.3. The van der Waals surface area contributed by atoms with Crippen LogP contribution >= 0.6 is 23.4 Å². The number of anilines is 1. The van der Waals surface area contributed by atoms with E-state index in [4.69, 9.17) is 16.3 Å². The summed E-state index contributed by atoms with van der Waals surface area (Å²) in [6.45, 7) is 0.636. The van der Waals surface area contributed by atoms with Crippen LogP contribution in [-0.2, 0) is 14.3 Å². The lowest BCUT2D eigenvalue weighted by Gasteiger charge is -2.13. The van der Waals surface area contributed by atoms with Crippen molar-refractivity contribution < 1.29 is 27.8 Å². The number of alkyl halides is 2. The van der Waals surface area contributed by atoms with Crippen LogP contribution < -0.4 is 10.1 Å². The first-order valence-electron chi connectivity index (χ1n) is 6.66. The van der Waals surface area contributed by atoms with Gasteiger partial charge in [-0.3, -0.25) is 9.59 Å². The number of carbonyl (C=O) groups excluding carboxylic acids is 2. The Hall–Kier alpha value is -1.54. The molecule has 1 aromatic carbocycles. The van der Waals surface area contributed by atoms with E-state index in [0.29, 0.717) is 5.69 Å². The number of carbonyl (C=O) groups is 2. The molecule has 1 N–H and O–H groups in total. The van der Waals surface area contributed by atoms with Gasteiger partial charge in [0.05, 0.1) is 22.6 Å². The normalized spacial score (nSPS) is 11.9. The minimum Gasteiger partial charge on any atom is -0.465 e. The summed E-state index contributed by atoms with van der Waals surface area (Å²) in [5.41, 5.74) is 0.338. The van der Waals surface area contributed by atoms with Crippen molar-refractivity contribution in [2.45, 2.75) is 25.7 Å². The molecule has 1 unspecified atom stereocenters. The van der Waals surface area contributed by atoms with Gasteiger partial charge in [0.25, 0.3) is 0 Å². The van der Waals surface area contributed by atoms with Gasteiger partial charge >= 0.3 is 12.6 Å². The molecular weight excluding hydrogens is 352 g/mol. The van der Waals surface area contributed by atoms with Gasteiger partial charge < -0.3 is 14.8 Å². The van der Waals surface area contributed by atoms with Crippen molar-refractivity contribution in [3.63, 3.8) is 0 Å². The molecule has 0 aliphatic carbocycles. The van der Waals surface area contributed by atoms with Crippen molar-refractivity contribution >= 4 is 40.9 Å². The van der Waals surface area contributed by atoms with Crippen molar-refractivity contribution in [1.82, 2.24) is 0 Å². The quantitative estimate of drug-likeness (QED) is 0.712. The summed E-state index contributed by atoms with van der Waals surface area (Å²) in [6.07, 6.45) is 0. The van der Waals surface area contributed by atoms with Crippen molar-refractivity contribution in [2.75, 3.05) is 17.7 Å². The molecule has 9 heteroatoms. The van der Waals surface area contributed by atoms with Gasteiger partial charge in [0, 0.05) is 5.69 Å². The Labute approximate surface area is 141 Å². The highest BCUT2D eigenvalue weighted by Gasteiger charge is 2.17. The molecule has 0 aliphatic rings. The molecule has 1 rings (SSSR count). The van der Waals surface area contributed by atoms with Crippen LogP contribution in [0.2, 0.25) is 5.02 Å². The summed E-state index contributed by atoms with van der Waals surface area (Å²) in [5, 5.41) is 2.03. The largest absolute Gasteiger partial charge is 0.465 e. The first kappa shape index (κ1) is 19.5. The van der Waals surface area contributed by atoms with E-state index in [1.807, 2.05) is 0 Å². The van der Waals surface area contributed by atoms with Crippen LogP contribution in [0.15, 0.2) is 18.2 Å². The zero-order valence-corrected chi connectivity index (χ0v) is 14.0. The van der Waals surface area contributed by atoms with Crippen LogP contribution in [0.4, 0.5) is 14.5 Å². The minimum atomic E-state index is -2.98. The number of ether oxygens (including phenoxy) is 2. The molecule has 23 heavy (non-hydrogen) atoms. The van der Waals surface area contributed by atoms with Gasteiger partial charge in [0.15, 0.2) is 0 Å². The van der Waals surface area contributed by atoms with E-state index >= 15 is 0 Å². The van der Waals surface area contributed by atoms with Crippen molar-refractivity contribution in [3.05, 3.63) is 23.2 Å². The molecule has 5 nitrogen and oxygen atoms in total. The second-order valence-electron chi connectivity index (χ2n) is 4.27. The van der Waals surface area contributed by atoms with Gasteiger partial charge in [-0.15, -0.1) is 11.8 Å². The fraction of sp³-hybridized carbons (Fsp3) is 0.429. The third kappa shape index (κ3) is 7.04. The van der Waals surface area contributed by atoms with Crippen LogP contribution in [0.25, 0.3) is 0 Å². The molecule has 0 fully saturated rings. The highest BCUT2D eigenvalue weighted by Crippen LogP contribution is 2.29. The Morgan fingerprint density at radius 3 is 2.65 bits per heavy atom. The second-order valence-corrected chi connectivity index (χ2v) is 6.01. The lowest BCUT2D eigenvalue weighted by molar-refractivity contribution is -0.139. The summed E-state index contributed by atoms with van der Waals surface area (Å²) >= 11 is 6.92. The van der Waals surface area contributed by atoms with E-state index in [0.717, 1.165) is 11.8 Å². The van der Waals surface area contributed by atoms with E-state index < -0.39 is 17.8 Å². The van der Waals surface area contributed by atoms with E-state index in [1.54, 1.807) is 13.8 Å². The van der Waals surface area contributed by atoms with Gasteiger partial charge in [-0.25, -0.2) is 0 Å². The third-order valence-corrected chi connectivity index (χ3v) is 3.95. The molecule has 0 bridgehead atoms. The zero-order valence-electron chi connectivity index (χ0n) is 12.5. The summed E-state index contributed by atoms with van der Waals surface area (Å²) in [5.74, 6) is -0.861. The monoisotopic (exact) mass is 367 g/mol. The average molecular weight is 368 g/mol. The summed E-state index contributed by atoms with van der Waals surface area (Å²) in [6, 6.07) is 3.94. The fourth-order valence-corrected chi connectivity index (χ4v) is 2.39. The molecule has 0 aliphatic heterocycles. The number of esters is 1. The Balaban J connectivity index is 2.56. The smallest absolute Gasteiger partial charge is 0.387 e. The highest BCUT2D eigenvalue weighted by atomic mass is 35.5. The standard InChI is InChI=1S/C14H16ClF2NO4S/c1-3-21-12(19)7-23-8(2)13(20)18-9-4-5-11(10(15)6-9)22-14(16)17/h4-6,8,14H,3,7H2,1-2H3,(H,18,20). The van der Waals surface area contributed by atoms with Gasteiger partial charge in [0.2, 0.25) is 5.91 Å². The maximum atomic E-state index is 12.1. The molecule has 0 aromatic heterocycles. The molecular formula is C14H16ClF2NO4S. The van der Waals surface area contributed by atoms with E-state index in [-0.39, 0.29) is 29.0 Å². The molecule has 0 heterocycles. The van der Waals surface area contributed by atoms with Crippen LogP contribution in [0, 0.1) is 0 Å². The minimum absolute atomic E-state index is 0.0464. The number of thioether (sulfide) groups is 1. The maximum Gasteiger partial charge on any atom is 0.387 e. The number of rotatable bonds is 8. The van der Waals surface area contributed by atoms with Crippen molar-refractivity contribution in [3.8, 4) is 5.75 Å². The van der Waals surface area contributed by atoms with Crippen molar-refractivity contribution in [2.24, 2.45) is 0 Å². The third-order valence-electron chi connectivity index (χ3n) is 2.54. The van der Waals surface area contributed by atoms with Crippen LogP contribution in [-0.4, -0.2) is 36.1 Å². The molecule has 0 spiro atoms. The molecule has 0 radical (unpaired) electrons. The highest BCUT2D eigenvalue weighted by molar-refractivity contribution is 8.01. The predicted molar refractivity (Wildman–Crippen MR) is 85.3 cm³/mol. The van der Waals surface area contributed by atoms with E-state index in [1.165, 1.54) is 18.2 Å². The van der Waals surface area contributed by atoms with Crippen LogP contribution in [0.5, 0.6) is 5.75 Å². The Bertz CT molecular complexity index is 560. The molecule has 1 aromatic rings. The lowest BCUT2D eigenvalue weighted by Crippen LogP contribution is -2.24. The number of amides is 1. The molecule has 1 atom stereocenters. The molecule has 1 amide bonds. The first-order chi connectivity index (χ1) is 10.8. The first-order valence-corrected chi connectivity index (χ1v) is 8.08. The molecule has 128 valence electrons. The molecule has 0 saturated heterocycles. The maximum absolute atomic E-state index is 12.1. The van der Waals surface area contributed by atoms with E-state index in [9.17, 15) is 18.4 Å². The Kier molecular flexibility index (Phi) is 8.11. The fourth-order valence-electron chi connectivity index (χ4n) is 1.49. The number of hydrogen-bond donors (Lipinski definition) is 1. The summed E-state index contributed by atoms with van der Waals surface area (Å²) in [4.78, 5) is 23.2. The van der Waals surface area contributed by atoms with Gasteiger partial charge in [-0.2, -0.15) is 8.78 Å². The Morgan fingerprint density at radius 2 is 2.09 bits per heavy atom. The average Bonchev–Trinajstić information content (AvgIpc) is 2.47. The predicted octanol–water partition coefficient (Wildman–Crippen LogP) is 3.56. The zero-order chi connectivity index (χ0) is 17.4. The van der Waals surface area contributed by atoms with Gasteiger partial charge in [-0.1, -0.05) is 11.6 Å². The van der Waals surface area contributed by atoms with Gasteiger partial charge in [0.1, 0.15) is 5.75 Å². The van der Waals surface area contributed by atoms with Crippen LogP contribution in [0.1, 0.15) is 13.8 Å². The summed E-state index contributed by atoms with van der Waals surface area (Å²) in [7, 11) is 0. The number of nitrogens with one attached hydrogen (secondary N) is 1. The van der Waals surface area contributed by atoms with Gasteiger partial charge in [-0.05, 0) is 32.0 Å². The summed E-state index contributed by atoms with van der Waals surface area (Å²) < 4.78 is 33.2. The van der Waals surface area contributed by atoms with Crippen LogP contribution in [0.3, 0.4) is 0 Å². The topological polar surface area (TPSA) is 64.6 Å².